The van der Waals surface area contributed by atoms with E-state index in [9.17, 15) is 9.59 Å². The third-order valence-electron chi connectivity index (χ3n) is 3.85. The van der Waals surface area contributed by atoms with Gasteiger partial charge in [-0.1, -0.05) is 6.07 Å². The molecule has 1 aromatic carbocycles. The fourth-order valence-corrected chi connectivity index (χ4v) is 2.63. The van der Waals surface area contributed by atoms with E-state index >= 15 is 0 Å². The average molecular weight is 297 g/mol. The van der Waals surface area contributed by atoms with Crippen molar-refractivity contribution in [3.63, 3.8) is 0 Å². The molecule has 0 aliphatic carbocycles. The van der Waals surface area contributed by atoms with E-state index in [0.29, 0.717) is 18.5 Å². The molecule has 5 nitrogen and oxygen atoms in total. The van der Waals surface area contributed by atoms with Crippen LogP contribution in [0.4, 0.5) is 0 Å². The molecule has 1 aliphatic rings. The first kappa shape index (κ1) is 14.4. The van der Waals surface area contributed by atoms with Gasteiger partial charge in [0.1, 0.15) is 6.04 Å². The Bertz CT molecular complexity index is 664. The number of nitrogens with one attached hydrogen (secondary N) is 2. The van der Waals surface area contributed by atoms with Gasteiger partial charge in [0.15, 0.2) is 0 Å². The largest absolute Gasteiger partial charge is 0.354 e. The standard InChI is InChI=1S/C17H19N3O2/c21-16(19-15-8-1-2-9-18-17(15)22)13-6-5-7-14(12-13)20-10-3-4-11-20/h3-7,10-12,15H,1-2,8-9H2,(H,18,22)(H,19,21). The fraction of sp³-hybridized carbons (Fsp3) is 0.294. The number of amides is 2. The number of hydrogen-bond donors (Lipinski definition) is 2. The van der Waals surface area contributed by atoms with E-state index in [-0.39, 0.29) is 11.8 Å². The van der Waals surface area contributed by atoms with Crippen molar-refractivity contribution in [1.29, 1.82) is 0 Å². The highest BCUT2D eigenvalue weighted by Crippen LogP contribution is 2.12. The van der Waals surface area contributed by atoms with Gasteiger partial charge in [-0.3, -0.25) is 9.59 Å². The molecular weight excluding hydrogens is 278 g/mol. The highest BCUT2D eigenvalue weighted by Gasteiger charge is 2.22. The minimum Gasteiger partial charge on any atom is -0.354 e. The van der Waals surface area contributed by atoms with E-state index in [1.165, 1.54) is 0 Å². The number of rotatable bonds is 3. The Morgan fingerprint density at radius 1 is 1.18 bits per heavy atom. The number of carbonyl (C=O) groups excluding carboxylic acids is 2. The minimum absolute atomic E-state index is 0.0904. The van der Waals surface area contributed by atoms with Crippen molar-refractivity contribution in [3.05, 3.63) is 54.4 Å². The highest BCUT2D eigenvalue weighted by atomic mass is 16.2. The summed E-state index contributed by atoms with van der Waals surface area (Å²) in [5, 5.41) is 5.66. The van der Waals surface area contributed by atoms with Crippen LogP contribution in [0.25, 0.3) is 5.69 Å². The van der Waals surface area contributed by atoms with Crippen molar-refractivity contribution >= 4 is 11.8 Å². The first-order chi connectivity index (χ1) is 10.7. The summed E-state index contributed by atoms with van der Waals surface area (Å²) < 4.78 is 1.94. The summed E-state index contributed by atoms with van der Waals surface area (Å²) in [7, 11) is 0. The first-order valence-corrected chi connectivity index (χ1v) is 7.56. The van der Waals surface area contributed by atoms with Crippen molar-refractivity contribution in [2.24, 2.45) is 0 Å². The molecular formula is C17H19N3O2. The molecule has 0 radical (unpaired) electrons. The average Bonchev–Trinajstić information content (AvgIpc) is 3.00. The Morgan fingerprint density at radius 2 is 2.00 bits per heavy atom. The summed E-state index contributed by atoms with van der Waals surface area (Å²) >= 11 is 0. The van der Waals surface area contributed by atoms with E-state index in [0.717, 1.165) is 18.5 Å². The van der Waals surface area contributed by atoms with Crippen LogP contribution in [0.5, 0.6) is 0 Å². The van der Waals surface area contributed by atoms with E-state index in [2.05, 4.69) is 10.6 Å². The van der Waals surface area contributed by atoms with E-state index in [1.54, 1.807) is 6.07 Å². The number of benzene rings is 1. The Kier molecular flexibility index (Phi) is 4.23. The van der Waals surface area contributed by atoms with Gasteiger partial charge in [0, 0.05) is 30.2 Å². The zero-order valence-corrected chi connectivity index (χ0v) is 12.3. The van der Waals surface area contributed by atoms with E-state index in [1.807, 2.05) is 47.3 Å². The molecule has 1 unspecified atom stereocenters. The zero-order valence-electron chi connectivity index (χ0n) is 12.3. The SMILES string of the molecule is O=C(NC1CCCCNC1=O)c1cccc(-n2cccc2)c1. The van der Waals surface area contributed by atoms with Gasteiger partial charge in [-0.15, -0.1) is 0 Å². The molecule has 0 saturated carbocycles. The molecule has 1 aromatic heterocycles. The molecule has 2 N–H and O–H groups in total. The van der Waals surface area contributed by atoms with Gasteiger partial charge in [-0.05, 0) is 49.6 Å². The second-order valence-electron chi connectivity index (χ2n) is 5.45. The summed E-state index contributed by atoms with van der Waals surface area (Å²) in [6.45, 7) is 0.689. The van der Waals surface area contributed by atoms with Gasteiger partial charge in [0.25, 0.3) is 5.91 Å². The van der Waals surface area contributed by atoms with Crippen molar-refractivity contribution in [2.45, 2.75) is 25.3 Å². The van der Waals surface area contributed by atoms with Crippen LogP contribution >= 0.6 is 0 Å². The van der Waals surface area contributed by atoms with Crippen molar-refractivity contribution in [3.8, 4) is 5.69 Å². The van der Waals surface area contributed by atoms with Crippen LogP contribution in [0.2, 0.25) is 0 Å². The van der Waals surface area contributed by atoms with Crippen LogP contribution in [-0.2, 0) is 4.79 Å². The van der Waals surface area contributed by atoms with Gasteiger partial charge in [-0.2, -0.15) is 0 Å². The molecule has 1 fully saturated rings. The van der Waals surface area contributed by atoms with Crippen LogP contribution in [0.15, 0.2) is 48.8 Å². The summed E-state index contributed by atoms with van der Waals surface area (Å²) in [5.74, 6) is -0.302. The van der Waals surface area contributed by atoms with Gasteiger partial charge in [0.2, 0.25) is 5.91 Å². The number of aromatic nitrogens is 1. The quantitative estimate of drug-likeness (QED) is 0.908. The summed E-state index contributed by atoms with van der Waals surface area (Å²) in [5.41, 5.74) is 1.48. The lowest BCUT2D eigenvalue weighted by Crippen LogP contribution is -2.45. The van der Waals surface area contributed by atoms with E-state index in [4.69, 9.17) is 0 Å². The lowest BCUT2D eigenvalue weighted by molar-refractivity contribution is -0.122. The molecule has 1 atom stereocenters. The molecule has 1 aliphatic heterocycles. The summed E-state index contributed by atoms with van der Waals surface area (Å²) in [6, 6.07) is 10.8. The Balaban J connectivity index is 1.74. The second-order valence-corrected chi connectivity index (χ2v) is 5.45. The second kappa shape index (κ2) is 6.47. The van der Waals surface area contributed by atoms with Crippen molar-refractivity contribution < 1.29 is 9.59 Å². The number of hydrogen-bond acceptors (Lipinski definition) is 2. The molecule has 22 heavy (non-hydrogen) atoms. The Morgan fingerprint density at radius 3 is 2.82 bits per heavy atom. The van der Waals surface area contributed by atoms with Crippen LogP contribution in [-0.4, -0.2) is 29.0 Å². The fourth-order valence-electron chi connectivity index (χ4n) is 2.63. The molecule has 0 spiro atoms. The highest BCUT2D eigenvalue weighted by molar-refractivity contribution is 5.98. The normalized spacial score (nSPS) is 18.4. The summed E-state index contributed by atoms with van der Waals surface area (Å²) in [6.07, 6.45) is 6.44. The van der Waals surface area contributed by atoms with Crippen LogP contribution < -0.4 is 10.6 Å². The molecule has 0 bridgehead atoms. The Hall–Kier alpha value is -2.56. The Labute approximate surface area is 129 Å². The van der Waals surface area contributed by atoms with E-state index < -0.39 is 6.04 Å². The lowest BCUT2D eigenvalue weighted by atomic mass is 10.1. The molecule has 3 rings (SSSR count). The maximum atomic E-state index is 12.4. The monoisotopic (exact) mass is 297 g/mol. The predicted octanol–water partition coefficient (Wildman–Crippen LogP) is 1.88. The topological polar surface area (TPSA) is 63.1 Å². The molecule has 114 valence electrons. The van der Waals surface area contributed by atoms with Crippen LogP contribution in [0, 0.1) is 0 Å². The number of carbonyl (C=O) groups is 2. The smallest absolute Gasteiger partial charge is 0.252 e. The first-order valence-electron chi connectivity index (χ1n) is 7.56. The van der Waals surface area contributed by atoms with Gasteiger partial charge >= 0.3 is 0 Å². The lowest BCUT2D eigenvalue weighted by Gasteiger charge is -2.15. The van der Waals surface area contributed by atoms with Gasteiger partial charge in [-0.25, -0.2) is 0 Å². The molecule has 2 aromatic rings. The van der Waals surface area contributed by atoms with Crippen LogP contribution in [0.3, 0.4) is 0 Å². The predicted molar refractivity (Wildman–Crippen MR) is 83.9 cm³/mol. The third-order valence-corrected chi connectivity index (χ3v) is 3.85. The van der Waals surface area contributed by atoms with Crippen LogP contribution in [0.1, 0.15) is 29.6 Å². The van der Waals surface area contributed by atoms with Crippen molar-refractivity contribution in [1.82, 2.24) is 15.2 Å². The van der Waals surface area contributed by atoms with Crippen molar-refractivity contribution in [2.75, 3.05) is 6.54 Å². The minimum atomic E-state index is -0.440. The summed E-state index contributed by atoms with van der Waals surface area (Å²) in [4.78, 5) is 24.3. The van der Waals surface area contributed by atoms with Gasteiger partial charge < -0.3 is 15.2 Å². The molecule has 2 amide bonds. The zero-order chi connectivity index (χ0) is 15.4. The molecule has 2 heterocycles. The maximum absolute atomic E-state index is 12.4. The molecule has 5 heteroatoms. The third kappa shape index (κ3) is 3.19. The maximum Gasteiger partial charge on any atom is 0.252 e. The molecule has 1 saturated heterocycles. The van der Waals surface area contributed by atoms with Gasteiger partial charge in [0.05, 0.1) is 0 Å². The number of nitrogens with zero attached hydrogens (tertiary/aromatic N) is 1.